The van der Waals surface area contributed by atoms with Crippen LogP contribution in [0.25, 0.3) is 0 Å². The van der Waals surface area contributed by atoms with Gasteiger partial charge in [-0.3, -0.25) is 0 Å². The van der Waals surface area contributed by atoms with Crippen molar-refractivity contribution in [3.63, 3.8) is 0 Å². The Bertz CT molecular complexity index is 248. The van der Waals surface area contributed by atoms with Gasteiger partial charge in [0, 0.05) is 6.04 Å². The first kappa shape index (κ1) is 13.8. The highest BCUT2D eigenvalue weighted by molar-refractivity contribution is 5.33. The van der Waals surface area contributed by atoms with Crippen LogP contribution in [0.2, 0.25) is 0 Å². The van der Waals surface area contributed by atoms with Gasteiger partial charge in [-0.05, 0) is 31.0 Å². The Morgan fingerprint density at radius 2 is 1.53 bits per heavy atom. The fraction of sp³-hybridized carbons (Fsp3) is 0.462. The largest absolute Gasteiger partial charge is 0.316 e. The van der Waals surface area contributed by atoms with Gasteiger partial charge in [0.25, 0.3) is 0 Å². The molecule has 0 radical (unpaired) electrons. The molecule has 0 aromatic heterocycles. The second-order valence-electron chi connectivity index (χ2n) is 3.16. The minimum absolute atomic E-state index is 0.674. The Labute approximate surface area is 92.7 Å². The summed E-state index contributed by atoms with van der Waals surface area (Å²) in [4.78, 5) is 8.00. The first-order valence-corrected chi connectivity index (χ1v) is 5.43. The average molecular weight is 207 g/mol. The maximum atomic E-state index is 8.00. The molecule has 1 aromatic rings. The molecule has 0 amide bonds. The van der Waals surface area contributed by atoms with Crippen molar-refractivity contribution in [2.45, 2.75) is 32.7 Å². The quantitative estimate of drug-likeness (QED) is 0.765. The normalized spacial score (nSPS) is 13.0. The topological polar surface area (TPSA) is 29.1 Å². The molecule has 0 spiro atoms. The maximum absolute atomic E-state index is 8.00. The molecule has 2 rings (SSSR count). The summed E-state index contributed by atoms with van der Waals surface area (Å²) in [5.41, 5.74) is 3.04. The summed E-state index contributed by atoms with van der Waals surface area (Å²) in [6, 6.07) is 9.38. The Morgan fingerprint density at radius 3 is 1.87 bits per heavy atom. The molecular weight excluding hydrogens is 186 g/mol. The van der Waals surface area contributed by atoms with Gasteiger partial charge in [-0.2, -0.15) is 0 Å². The number of nitrogens with one attached hydrogen (secondary N) is 1. The van der Waals surface area contributed by atoms with E-state index in [0.29, 0.717) is 6.04 Å². The fourth-order valence-electron chi connectivity index (χ4n) is 1.76. The lowest BCUT2D eigenvalue weighted by Gasteiger charge is -2.04. The van der Waals surface area contributed by atoms with Crippen LogP contribution in [0.4, 0.5) is 0 Å². The molecule has 2 nitrogen and oxygen atoms in total. The summed E-state index contributed by atoms with van der Waals surface area (Å²) in [5.74, 6) is 0. The Hall–Kier alpha value is -1.15. The molecule has 0 atom stereocenters. The monoisotopic (exact) mass is 207 g/mol. The highest BCUT2D eigenvalue weighted by Gasteiger charge is 2.18. The van der Waals surface area contributed by atoms with Gasteiger partial charge >= 0.3 is 0 Å². The van der Waals surface area contributed by atoms with Crippen LogP contribution in [-0.4, -0.2) is 19.9 Å². The molecule has 1 N–H and O–H groups in total. The summed E-state index contributed by atoms with van der Waals surface area (Å²) in [6.07, 6.45) is 2.40. The van der Waals surface area contributed by atoms with Gasteiger partial charge in [-0.1, -0.05) is 38.1 Å². The lowest BCUT2D eigenvalue weighted by molar-refractivity contribution is -0.0979. The lowest BCUT2D eigenvalue weighted by Crippen LogP contribution is -2.24. The van der Waals surface area contributed by atoms with Crippen LogP contribution in [0.1, 0.15) is 25.0 Å². The predicted octanol–water partition coefficient (Wildman–Crippen LogP) is 2.21. The molecule has 0 saturated heterocycles. The van der Waals surface area contributed by atoms with E-state index in [2.05, 4.69) is 29.6 Å². The van der Waals surface area contributed by atoms with E-state index in [-0.39, 0.29) is 0 Å². The molecule has 0 unspecified atom stereocenters. The molecule has 2 heteroatoms. The molecule has 0 aliphatic heterocycles. The van der Waals surface area contributed by atoms with Crippen LogP contribution in [0.5, 0.6) is 0 Å². The number of carbonyl (C=O) groups is 1. The van der Waals surface area contributed by atoms with Gasteiger partial charge < -0.3 is 10.1 Å². The van der Waals surface area contributed by atoms with E-state index in [1.807, 2.05) is 27.7 Å². The molecule has 1 aliphatic carbocycles. The van der Waals surface area contributed by atoms with Gasteiger partial charge in [-0.25, -0.2) is 0 Å². The van der Waals surface area contributed by atoms with E-state index >= 15 is 0 Å². The molecule has 1 aromatic carbocycles. The molecule has 0 heterocycles. The van der Waals surface area contributed by atoms with E-state index in [4.69, 9.17) is 4.79 Å². The average Bonchev–Trinajstić information content (AvgIpc) is 2.77. The third-order valence-corrected chi connectivity index (χ3v) is 2.46. The molecule has 0 fully saturated rings. The van der Waals surface area contributed by atoms with E-state index in [1.54, 1.807) is 0 Å². The molecule has 0 saturated carbocycles. The number of carbonyl (C=O) groups excluding carboxylic acids is 1. The van der Waals surface area contributed by atoms with Crippen molar-refractivity contribution >= 4 is 6.79 Å². The van der Waals surface area contributed by atoms with Crippen molar-refractivity contribution in [1.82, 2.24) is 5.32 Å². The summed E-state index contributed by atoms with van der Waals surface area (Å²) in [6.45, 7) is 6.00. The van der Waals surface area contributed by atoms with Gasteiger partial charge in [-0.15, -0.1) is 0 Å². The molecule has 84 valence electrons. The van der Waals surface area contributed by atoms with E-state index in [9.17, 15) is 0 Å². The van der Waals surface area contributed by atoms with Crippen molar-refractivity contribution in [2.24, 2.45) is 0 Å². The summed E-state index contributed by atoms with van der Waals surface area (Å²) in [5, 5.41) is 3.31. The predicted molar refractivity (Wildman–Crippen MR) is 65.2 cm³/mol. The van der Waals surface area contributed by atoms with Crippen LogP contribution in [0.15, 0.2) is 24.3 Å². The van der Waals surface area contributed by atoms with Gasteiger partial charge in [0.15, 0.2) is 0 Å². The third kappa shape index (κ3) is 3.84. The molecule has 1 aliphatic rings. The Morgan fingerprint density at radius 1 is 1.13 bits per heavy atom. The fourth-order valence-corrected chi connectivity index (χ4v) is 1.76. The van der Waals surface area contributed by atoms with Gasteiger partial charge in [0.2, 0.25) is 0 Å². The van der Waals surface area contributed by atoms with E-state index < -0.39 is 0 Å². The second-order valence-corrected chi connectivity index (χ2v) is 3.16. The number of hydrogen-bond acceptors (Lipinski definition) is 2. The minimum Gasteiger partial charge on any atom is -0.316 e. The van der Waals surface area contributed by atoms with Crippen LogP contribution < -0.4 is 5.32 Å². The SMILES string of the molecule is C=O.CC.CNC1Cc2ccccc2C1. The third-order valence-electron chi connectivity index (χ3n) is 2.46. The van der Waals surface area contributed by atoms with Crippen molar-refractivity contribution in [3.05, 3.63) is 35.4 Å². The van der Waals surface area contributed by atoms with Gasteiger partial charge in [0.05, 0.1) is 0 Å². The van der Waals surface area contributed by atoms with Crippen LogP contribution in [0.3, 0.4) is 0 Å². The van der Waals surface area contributed by atoms with Crippen molar-refractivity contribution in [1.29, 1.82) is 0 Å². The first-order chi connectivity index (χ1) is 7.40. The zero-order valence-corrected chi connectivity index (χ0v) is 9.92. The minimum atomic E-state index is 0.674. The van der Waals surface area contributed by atoms with Gasteiger partial charge in [0.1, 0.15) is 6.79 Å². The number of hydrogen-bond donors (Lipinski definition) is 1. The van der Waals surface area contributed by atoms with Crippen molar-refractivity contribution < 1.29 is 4.79 Å². The number of fused-ring (bicyclic) bond motifs is 1. The van der Waals surface area contributed by atoms with Crippen molar-refractivity contribution in [3.8, 4) is 0 Å². The summed E-state index contributed by atoms with van der Waals surface area (Å²) in [7, 11) is 2.04. The van der Waals surface area contributed by atoms with Crippen LogP contribution in [0, 0.1) is 0 Å². The highest BCUT2D eigenvalue weighted by Crippen LogP contribution is 2.20. The lowest BCUT2D eigenvalue weighted by atomic mass is 10.1. The zero-order chi connectivity index (χ0) is 11.7. The molecular formula is C13H21NO. The van der Waals surface area contributed by atoms with Crippen LogP contribution in [-0.2, 0) is 17.6 Å². The van der Waals surface area contributed by atoms with E-state index in [1.165, 1.54) is 24.0 Å². The molecule has 15 heavy (non-hydrogen) atoms. The first-order valence-electron chi connectivity index (χ1n) is 5.43. The van der Waals surface area contributed by atoms with E-state index in [0.717, 1.165) is 0 Å². The standard InChI is InChI=1S/C10H13N.C2H6.CH2O/c1-11-10-6-8-4-2-3-5-9(8)7-10;2*1-2/h2-5,10-11H,6-7H2,1H3;1-2H3;1H2. The zero-order valence-electron chi connectivity index (χ0n) is 9.92. The number of benzene rings is 1. The van der Waals surface area contributed by atoms with Crippen LogP contribution >= 0.6 is 0 Å². The molecule has 0 bridgehead atoms. The second kappa shape index (κ2) is 8.18. The Kier molecular flexibility index (Phi) is 7.56. The smallest absolute Gasteiger partial charge is 0.106 e. The van der Waals surface area contributed by atoms with Crippen molar-refractivity contribution in [2.75, 3.05) is 7.05 Å². The summed E-state index contributed by atoms with van der Waals surface area (Å²) >= 11 is 0. The summed E-state index contributed by atoms with van der Waals surface area (Å²) < 4.78 is 0. The maximum Gasteiger partial charge on any atom is 0.106 e. The number of rotatable bonds is 1. The number of likely N-dealkylation sites (N-methyl/N-ethyl adjacent to an activating group) is 1. The highest BCUT2D eigenvalue weighted by atomic mass is 16.1. The Balaban J connectivity index is 0.000000442.